The lowest BCUT2D eigenvalue weighted by Gasteiger charge is -2.30. The fourth-order valence-corrected chi connectivity index (χ4v) is 10.8. The third kappa shape index (κ3) is 6.31. The van der Waals surface area contributed by atoms with Crippen LogP contribution in [0.3, 0.4) is 0 Å². The molecule has 0 aromatic heterocycles. The Hall–Kier alpha value is 0.120. The summed E-state index contributed by atoms with van der Waals surface area (Å²) in [5, 5.41) is 20.8. The van der Waals surface area contributed by atoms with Crippen LogP contribution in [-0.2, 0) is 10.8 Å². The van der Waals surface area contributed by atoms with Crippen molar-refractivity contribution in [2.75, 3.05) is 0 Å². The molecule has 0 radical (unpaired) electrons. The van der Waals surface area contributed by atoms with Crippen molar-refractivity contribution >= 4 is 127 Å². The van der Waals surface area contributed by atoms with Crippen LogP contribution in [0.15, 0.2) is 84.3 Å². The van der Waals surface area contributed by atoms with E-state index in [0.29, 0.717) is 17.9 Å². The average Bonchev–Trinajstić information content (AvgIpc) is 2.93. The second kappa shape index (κ2) is 12.9. The van der Waals surface area contributed by atoms with Crippen LogP contribution in [0.2, 0.25) is 0 Å². The van der Waals surface area contributed by atoms with Crippen molar-refractivity contribution in [1.82, 2.24) is 0 Å². The van der Waals surface area contributed by atoms with Crippen LogP contribution in [0.25, 0.3) is 0 Å². The highest BCUT2D eigenvalue weighted by molar-refractivity contribution is 9.14. The Morgan fingerprint density at radius 1 is 0.439 bits per heavy atom. The molecule has 0 unspecified atom stereocenters. The van der Waals surface area contributed by atoms with Crippen molar-refractivity contribution in [3.63, 3.8) is 0 Å². The van der Waals surface area contributed by atoms with Crippen molar-refractivity contribution < 1.29 is 14.9 Å². The van der Waals surface area contributed by atoms with Gasteiger partial charge >= 0.3 is 0 Å². The van der Waals surface area contributed by atoms with Crippen LogP contribution in [0, 0.1) is 0 Å². The van der Waals surface area contributed by atoms with E-state index in [4.69, 9.17) is 4.74 Å². The molecule has 0 heterocycles. The lowest BCUT2D eigenvalue weighted by atomic mass is 9.78. The van der Waals surface area contributed by atoms with E-state index in [1.807, 2.05) is 24.3 Å². The summed E-state index contributed by atoms with van der Waals surface area (Å²) in [6, 6.07) is 16.0. The summed E-state index contributed by atoms with van der Waals surface area (Å²) in [6.45, 7) is 8.52. The Morgan fingerprint density at radius 3 is 0.927 bits per heavy atom. The molecule has 0 spiro atoms. The van der Waals surface area contributed by atoms with Gasteiger partial charge in [-0.15, -0.1) is 0 Å². The third-order valence-electron chi connectivity index (χ3n) is 7.12. The van der Waals surface area contributed by atoms with Gasteiger partial charge in [-0.1, -0.05) is 52.0 Å². The van der Waals surface area contributed by atoms with E-state index in [0.717, 1.165) is 51.6 Å². The molecule has 0 aliphatic rings. The summed E-state index contributed by atoms with van der Waals surface area (Å²) in [7, 11) is 0. The molecule has 0 fully saturated rings. The van der Waals surface area contributed by atoms with Crippen LogP contribution in [0.5, 0.6) is 23.0 Å². The summed E-state index contributed by atoms with van der Waals surface area (Å²) in [5.74, 6) is 1.70. The summed E-state index contributed by atoms with van der Waals surface area (Å²) in [4.78, 5) is 0. The molecule has 4 rings (SSSR count). The van der Waals surface area contributed by atoms with E-state index in [1.165, 1.54) is 0 Å². The first kappa shape index (κ1) is 34.0. The maximum atomic E-state index is 10.4. The largest absolute Gasteiger partial charge is 0.505 e. The molecular formula is C30H22Br8O3. The fraction of sp³-hybridized carbons (Fsp3) is 0.200. The maximum absolute atomic E-state index is 10.4. The van der Waals surface area contributed by atoms with E-state index in [-0.39, 0.29) is 11.5 Å². The van der Waals surface area contributed by atoms with Gasteiger partial charge in [0.2, 0.25) is 0 Å². The van der Waals surface area contributed by atoms with Crippen LogP contribution < -0.4 is 4.74 Å². The molecule has 4 aromatic carbocycles. The summed E-state index contributed by atoms with van der Waals surface area (Å²) < 4.78 is 11.7. The lowest BCUT2D eigenvalue weighted by molar-refractivity contribution is 0.465. The predicted octanol–water partition coefficient (Wildman–Crippen LogP) is 13.6. The molecule has 0 bridgehead atoms. The highest BCUT2D eigenvalue weighted by Crippen LogP contribution is 2.52. The van der Waals surface area contributed by atoms with Gasteiger partial charge in [0.1, 0.15) is 23.0 Å². The zero-order valence-electron chi connectivity index (χ0n) is 21.9. The van der Waals surface area contributed by atoms with Gasteiger partial charge in [-0.2, -0.15) is 0 Å². The Bertz CT molecular complexity index is 1470. The molecular weight excluding hydrogens is 1050 g/mol. The Kier molecular flexibility index (Phi) is 10.7. The molecule has 0 atom stereocenters. The minimum atomic E-state index is -0.400. The molecule has 4 aromatic rings. The lowest BCUT2D eigenvalue weighted by Crippen LogP contribution is -2.21. The number of phenols is 2. The molecule has 216 valence electrons. The van der Waals surface area contributed by atoms with Crippen LogP contribution in [0.1, 0.15) is 49.9 Å². The van der Waals surface area contributed by atoms with Gasteiger partial charge in [0.25, 0.3) is 0 Å². The highest BCUT2D eigenvalue weighted by Gasteiger charge is 2.33. The molecule has 0 aliphatic carbocycles. The van der Waals surface area contributed by atoms with Crippen molar-refractivity contribution in [2.45, 2.75) is 38.5 Å². The smallest absolute Gasteiger partial charge is 0.146 e. The number of halogens is 8. The van der Waals surface area contributed by atoms with Gasteiger partial charge < -0.3 is 14.9 Å². The molecule has 0 saturated carbocycles. The van der Waals surface area contributed by atoms with E-state index >= 15 is 0 Å². The number of ether oxygens (including phenoxy) is 1. The maximum Gasteiger partial charge on any atom is 0.146 e. The van der Waals surface area contributed by atoms with Crippen molar-refractivity contribution in [1.29, 1.82) is 0 Å². The normalized spacial score (nSPS) is 12.1. The number of hydrogen-bond donors (Lipinski definition) is 2. The van der Waals surface area contributed by atoms with Crippen LogP contribution >= 0.6 is 127 Å². The van der Waals surface area contributed by atoms with Crippen LogP contribution in [-0.4, -0.2) is 10.2 Å². The number of aromatic hydroxyl groups is 2. The van der Waals surface area contributed by atoms with Crippen molar-refractivity contribution in [2.24, 2.45) is 0 Å². The quantitative estimate of drug-likeness (QED) is 0.189. The highest BCUT2D eigenvalue weighted by atomic mass is 79.9. The first-order valence-electron chi connectivity index (χ1n) is 12.0. The molecule has 0 saturated heterocycles. The SMILES string of the molecule is CC(C)(c1ccc(Oc2ccc(C(C)(C)c3c(Br)c(Br)c(O)c(Br)c3Br)cc2)cc1)c1c(Br)c(Br)c(O)c(Br)c1Br. The minimum absolute atomic E-state index is 0.130. The first-order chi connectivity index (χ1) is 19.0. The standard InChI is InChI=1S/C30H22Br8O3/c1-29(2,17-19(31)23(35)27(39)24(36)20(17)32)13-5-9-15(10-6-13)41-16-11-7-14(8-12-16)30(3,4)18-21(33)25(37)28(40)26(38)22(18)34/h5-12,39-40H,1-4H3. The summed E-state index contributed by atoms with van der Waals surface area (Å²) in [6.07, 6.45) is 0. The number of phenolic OH excluding ortho intramolecular Hbond substituents is 2. The van der Waals surface area contributed by atoms with Gasteiger partial charge in [0.05, 0.1) is 17.9 Å². The molecule has 41 heavy (non-hydrogen) atoms. The van der Waals surface area contributed by atoms with Crippen LogP contribution in [0.4, 0.5) is 0 Å². The summed E-state index contributed by atoms with van der Waals surface area (Å²) >= 11 is 28.6. The minimum Gasteiger partial charge on any atom is -0.505 e. The third-order valence-corrected chi connectivity index (χ3v) is 15.5. The zero-order valence-corrected chi connectivity index (χ0v) is 34.6. The molecule has 2 N–H and O–H groups in total. The number of rotatable bonds is 6. The van der Waals surface area contributed by atoms with E-state index in [2.05, 4.69) is 179 Å². The zero-order chi connectivity index (χ0) is 30.6. The molecule has 0 aliphatic heterocycles. The summed E-state index contributed by atoms with van der Waals surface area (Å²) in [5.41, 5.74) is 3.34. The second-order valence-corrected chi connectivity index (χ2v) is 16.7. The monoisotopic (exact) mass is 1060 g/mol. The molecule has 3 nitrogen and oxygen atoms in total. The van der Waals surface area contributed by atoms with Crippen molar-refractivity contribution in [3.05, 3.63) is 107 Å². The van der Waals surface area contributed by atoms with Gasteiger partial charge in [0.15, 0.2) is 0 Å². The van der Waals surface area contributed by atoms with E-state index in [1.54, 1.807) is 0 Å². The average molecular weight is 1070 g/mol. The molecule has 0 amide bonds. The van der Waals surface area contributed by atoms with Crippen molar-refractivity contribution in [3.8, 4) is 23.0 Å². The van der Waals surface area contributed by atoms with E-state index < -0.39 is 10.8 Å². The Labute approximate surface area is 306 Å². The van der Waals surface area contributed by atoms with Gasteiger partial charge in [-0.3, -0.25) is 0 Å². The number of benzene rings is 4. The number of hydrogen-bond acceptors (Lipinski definition) is 3. The molecule has 11 heteroatoms. The topological polar surface area (TPSA) is 49.7 Å². The van der Waals surface area contributed by atoms with E-state index in [9.17, 15) is 10.2 Å². The fourth-order valence-electron chi connectivity index (χ4n) is 4.64. The first-order valence-corrected chi connectivity index (χ1v) is 18.4. The predicted molar refractivity (Wildman–Crippen MR) is 195 cm³/mol. The Morgan fingerprint density at radius 2 is 0.683 bits per heavy atom. The second-order valence-electron chi connectivity index (χ2n) is 10.4. The van der Waals surface area contributed by atoms with Gasteiger partial charge in [-0.25, -0.2) is 0 Å². The van der Waals surface area contributed by atoms with Gasteiger partial charge in [-0.05, 0) is 174 Å². The van der Waals surface area contributed by atoms with Gasteiger partial charge in [0, 0.05) is 28.7 Å². The Balaban J connectivity index is 1.60.